The number of hydrogen-bond acceptors (Lipinski definition) is 2. The molecule has 2 amide bonds. The van der Waals surface area contributed by atoms with E-state index >= 15 is 0 Å². The molecule has 0 aromatic heterocycles. The zero-order valence-corrected chi connectivity index (χ0v) is 16.8. The van der Waals surface area contributed by atoms with Gasteiger partial charge in [0.2, 0.25) is 5.91 Å². The average Bonchev–Trinajstić information content (AvgIpc) is 3.50. The molecular weight excluding hydrogens is 348 g/mol. The second-order valence-electron chi connectivity index (χ2n) is 7.79. The van der Waals surface area contributed by atoms with E-state index in [1.165, 1.54) is 5.56 Å². The van der Waals surface area contributed by atoms with Crippen LogP contribution in [0, 0.1) is 0 Å². The Morgan fingerprint density at radius 3 is 2.29 bits per heavy atom. The molecule has 0 radical (unpaired) electrons. The standard InChI is InChI=1S/C24H28N2O2/c1-17(2)20-9-6-19(7-10-20)16-26(3)23(27)15-8-18-4-11-21(12-5-18)24(28)25-22-13-14-22/h4-12,15,17,22H,13-14,16H2,1-3H3,(H,25,28)/b15-8+. The molecule has 3 rings (SSSR count). The number of benzene rings is 2. The van der Waals surface area contributed by atoms with Crippen LogP contribution in [0.15, 0.2) is 54.6 Å². The number of rotatable bonds is 7. The maximum atomic E-state index is 12.4. The van der Waals surface area contributed by atoms with Crippen LogP contribution in [0.2, 0.25) is 0 Å². The molecule has 1 saturated carbocycles. The van der Waals surface area contributed by atoms with Gasteiger partial charge in [-0.3, -0.25) is 9.59 Å². The van der Waals surface area contributed by atoms with Gasteiger partial charge in [-0.05, 0) is 53.7 Å². The van der Waals surface area contributed by atoms with Crippen LogP contribution in [0.3, 0.4) is 0 Å². The third-order valence-corrected chi connectivity index (χ3v) is 4.95. The molecular formula is C24H28N2O2. The van der Waals surface area contributed by atoms with Crippen LogP contribution in [-0.4, -0.2) is 29.8 Å². The SMILES string of the molecule is CC(C)c1ccc(CN(C)C(=O)/C=C/c2ccc(C(=O)NC3CC3)cc2)cc1. The van der Waals surface area contributed by atoms with E-state index in [9.17, 15) is 9.59 Å². The highest BCUT2D eigenvalue weighted by Gasteiger charge is 2.23. The van der Waals surface area contributed by atoms with Gasteiger partial charge in [-0.15, -0.1) is 0 Å². The van der Waals surface area contributed by atoms with Crippen LogP contribution < -0.4 is 5.32 Å². The van der Waals surface area contributed by atoms with Crippen molar-refractivity contribution < 1.29 is 9.59 Å². The summed E-state index contributed by atoms with van der Waals surface area (Å²) in [6, 6.07) is 16.0. The van der Waals surface area contributed by atoms with Crippen molar-refractivity contribution in [2.45, 2.75) is 45.2 Å². The quantitative estimate of drug-likeness (QED) is 0.729. The van der Waals surface area contributed by atoms with Gasteiger partial charge in [0, 0.05) is 31.3 Å². The number of nitrogens with zero attached hydrogens (tertiary/aromatic N) is 1. The molecule has 28 heavy (non-hydrogen) atoms. The Bertz CT molecular complexity index is 847. The zero-order chi connectivity index (χ0) is 20.1. The molecule has 1 N–H and O–H groups in total. The van der Waals surface area contributed by atoms with E-state index in [-0.39, 0.29) is 11.8 Å². The van der Waals surface area contributed by atoms with E-state index in [1.807, 2.05) is 12.1 Å². The normalized spacial score (nSPS) is 13.7. The first-order chi connectivity index (χ1) is 13.4. The highest BCUT2D eigenvalue weighted by atomic mass is 16.2. The molecule has 1 aliphatic carbocycles. The minimum Gasteiger partial charge on any atom is -0.349 e. The topological polar surface area (TPSA) is 49.4 Å². The molecule has 0 aliphatic heterocycles. The number of amides is 2. The number of likely N-dealkylation sites (N-methyl/N-ethyl adjacent to an activating group) is 1. The Morgan fingerprint density at radius 1 is 1.07 bits per heavy atom. The molecule has 0 unspecified atom stereocenters. The van der Waals surface area contributed by atoms with Crippen LogP contribution in [0.5, 0.6) is 0 Å². The van der Waals surface area contributed by atoms with Crippen molar-refractivity contribution in [1.82, 2.24) is 10.2 Å². The van der Waals surface area contributed by atoms with Crippen molar-refractivity contribution in [3.05, 3.63) is 76.9 Å². The average molecular weight is 377 g/mol. The van der Waals surface area contributed by atoms with Gasteiger partial charge in [0.15, 0.2) is 0 Å². The number of carbonyl (C=O) groups excluding carboxylic acids is 2. The van der Waals surface area contributed by atoms with Gasteiger partial charge in [0.1, 0.15) is 0 Å². The summed E-state index contributed by atoms with van der Waals surface area (Å²) in [6.45, 7) is 4.91. The van der Waals surface area contributed by atoms with Crippen molar-refractivity contribution in [2.24, 2.45) is 0 Å². The molecule has 0 atom stereocenters. The van der Waals surface area contributed by atoms with E-state index in [4.69, 9.17) is 0 Å². The minimum atomic E-state index is -0.0523. The van der Waals surface area contributed by atoms with E-state index in [2.05, 4.69) is 43.4 Å². The molecule has 2 aromatic rings. The van der Waals surface area contributed by atoms with E-state index in [1.54, 1.807) is 36.2 Å². The second kappa shape index (κ2) is 8.87. The van der Waals surface area contributed by atoms with Crippen molar-refractivity contribution in [1.29, 1.82) is 0 Å². The van der Waals surface area contributed by atoms with Gasteiger partial charge in [-0.1, -0.05) is 50.2 Å². The summed E-state index contributed by atoms with van der Waals surface area (Å²) in [6.07, 6.45) is 5.50. The maximum absolute atomic E-state index is 12.4. The molecule has 4 heteroatoms. The molecule has 0 bridgehead atoms. The lowest BCUT2D eigenvalue weighted by molar-refractivity contribution is -0.125. The summed E-state index contributed by atoms with van der Waals surface area (Å²) in [5, 5.41) is 2.97. The summed E-state index contributed by atoms with van der Waals surface area (Å²) >= 11 is 0. The minimum absolute atomic E-state index is 0.0303. The number of hydrogen-bond donors (Lipinski definition) is 1. The Morgan fingerprint density at radius 2 is 1.71 bits per heavy atom. The van der Waals surface area contributed by atoms with Crippen LogP contribution >= 0.6 is 0 Å². The van der Waals surface area contributed by atoms with Gasteiger partial charge in [0.05, 0.1) is 0 Å². The molecule has 4 nitrogen and oxygen atoms in total. The van der Waals surface area contributed by atoms with Crippen LogP contribution in [0.1, 0.15) is 59.7 Å². The molecule has 0 heterocycles. The third kappa shape index (κ3) is 5.56. The number of carbonyl (C=O) groups is 2. The molecule has 0 spiro atoms. The summed E-state index contributed by atoms with van der Waals surface area (Å²) < 4.78 is 0. The Hall–Kier alpha value is -2.88. The second-order valence-corrected chi connectivity index (χ2v) is 7.79. The van der Waals surface area contributed by atoms with Gasteiger partial charge >= 0.3 is 0 Å². The molecule has 1 aliphatic rings. The van der Waals surface area contributed by atoms with Crippen molar-refractivity contribution >= 4 is 17.9 Å². The maximum Gasteiger partial charge on any atom is 0.251 e. The fourth-order valence-electron chi connectivity index (χ4n) is 2.90. The summed E-state index contributed by atoms with van der Waals surface area (Å²) in [7, 11) is 1.80. The van der Waals surface area contributed by atoms with Gasteiger partial charge in [-0.25, -0.2) is 0 Å². The summed E-state index contributed by atoms with van der Waals surface area (Å²) in [5.41, 5.74) is 3.95. The molecule has 146 valence electrons. The first kappa shape index (κ1) is 19.9. The van der Waals surface area contributed by atoms with Gasteiger partial charge in [0.25, 0.3) is 5.91 Å². The highest BCUT2D eigenvalue weighted by molar-refractivity contribution is 5.95. The first-order valence-corrected chi connectivity index (χ1v) is 9.85. The molecule has 0 saturated heterocycles. The van der Waals surface area contributed by atoms with Crippen molar-refractivity contribution in [3.63, 3.8) is 0 Å². The van der Waals surface area contributed by atoms with Gasteiger partial charge < -0.3 is 10.2 Å². The van der Waals surface area contributed by atoms with Crippen molar-refractivity contribution in [2.75, 3.05) is 7.05 Å². The predicted molar refractivity (Wildman–Crippen MR) is 113 cm³/mol. The largest absolute Gasteiger partial charge is 0.349 e. The van der Waals surface area contributed by atoms with E-state index in [0.717, 1.165) is 24.0 Å². The highest BCUT2D eigenvalue weighted by Crippen LogP contribution is 2.19. The van der Waals surface area contributed by atoms with Gasteiger partial charge in [-0.2, -0.15) is 0 Å². The Kier molecular flexibility index (Phi) is 6.30. The summed E-state index contributed by atoms with van der Waals surface area (Å²) in [4.78, 5) is 26.1. The van der Waals surface area contributed by atoms with Crippen LogP contribution in [-0.2, 0) is 11.3 Å². The van der Waals surface area contributed by atoms with E-state index < -0.39 is 0 Å². The first-order valence-electron chi connectivity index (χ1n) is 9.85. The lowest BCUT2D eigenvalue weighted by Gasteiger charge is -2.16. The predicted octanol–water partition coefficient (Wildman–Crippen LogP) is 4.37. The Labute approximate surface area is 167 Å². The molecule has 2 aromatic carbocycles. The van der Waals surface area contributed by atoms with E-state index in [0.29, 0.717) is 24.1 Å². The lowest BCUT2D eigenvalue weighted by Crippen LogP contribution is -2.25. The zero-order valence-electron chi connectivity index (χ0n) is 16.8. The fraction of sp³-hybridized carbons (Fsp3) is 0.333. The summed E-state index contributed by atoms with van der Waals surface area (Å²) in [5.74, 6) is 0.420. The van der Waals surface area contributed by atoms with Crippen LogP contribution in [0.25, 0.3) is 6.08 Å². The Balaban J connectivity index is 1.53. The fourth-order valence-corrected chi connectivity index (χ4v) is 2.90. The monoisotopic (exact) mass is 376 g/mol. The third-order valence-electron chi connectivity index (χ3n) is 4.95. The number of nitrogens with one attached hydrogen (secondary N) is 1. The van der Waals surface area contributed by atoms with Crippen molar-refractivity contribution in [3.8, 4) is 0 Å². The smallest absolute Gasteiger partial charge is 0.251 e. The lowest BCUT2D eigenvalue weighted by atomic mass is 10.0. The van der Waals surface area contributed by atoms with Crippen LogP contribution in [0.4, 0.5) is 0 Å². The molecule has 1 fully saturated rings.